The first kappa shape index (κ1) is 34.8. The van der Waals surface area contributed by atoms with Crippen LogP contribution in [0.3, 0.4) is 0 Å². The van der Waals surface area contributed by atoms with Crippen LogP contribution in [0.5, 0.6) is 0 Å². The van der Waals surface area contributed by atoms with Gasteiger partial charge < -0.3 is 9.80 Å². The van der Waals surface area contributed by atoms with Crippen molar-refractivity contribution in [3.63, 3.8) is 0 Å². The highest BCUT2D eigenvalue weighted by Gasteiger charge is 2.55. The lowest BCUT2D eigenvalue weighted by molar-refractivity contribution is -0.150. The van der Waals surface area contributed by atoms with E-state index in [2.05, 4.69) is 60.5 Å². The average molecular weight is 652 g/mol. The number of guanidine groups is 1. The summed E-state index contributed by atoms with van der Waals surface area (Å²) >= 11 is 0. The van der Waals surface area contributed by atoms with E-state index in [9.17, 15) is 18.6 Å². The predicted octanol–water partition coefficient (Wildman–Crippen LogP) is 6.27. The molecule has 0 aromatic heterocycles. The summed E-state index contributed by atoms with van der Waals surface area (Å²) in [5.41, 5.74) is 0. The topological polar surface area (TPSA) is 69.7 Å². The highest BCUT2D eigenvalue weighted by atomic mass is 19.4. The summed E-state index contributed by atoms with van der Waals surface area (Å²) in [4.78, 5) is 6.55. The number of alkyl halides is 3. The number of halogens is 3. The summed E-state index contributed by atoms with van der Waals surface area (Å²) in [6, 6.07) is -0.847. The maximum absolute atomic E-state index is 13.5. The van der Waals surface area contributed by atoms with Crippen molar-refractivity contribution < 1.29 is 13.2 Å². The Kier molecular flexibility index (Phi) is 10.6. The second-order valence-electron chi connectivity index (χ2n) is 17.0. The van der Waals surface area contributed by atoms with E-state index < -0.39 is 12.2 Å². The molecular formula is C36H64F3N7. The molecule has 6 rings (SSSR count). The molecule has 0 aromatic carbocycles. The summed E-state index contributed by atoms with van der Waals surface area (Å²) in [6.07, 6.45) is 10.4. The minimum Gasteiger partial charge on any atom is -0.338 e. The van der Waals surface area contributed by atoms with Gasteiger partial charge in [0, 0.05) is 26.2 Å². The van der Waals surface area contributed by atoms with Gasteiger partial charge in [0.15, 0.2) is 5.96 Å². The molecule has 0 aromatic rings. The zero-order chi connectivity index (χ0) is 32.9. The van der Waals surface area contributed by atoms with Gasteiger partial charge in [0.1, 0.15) is 12.2 Å². The Hall–Kier alpha value is -1.10. The first-order valence-electron chi connectivity index (χ1n) is 19.0. The van der Waals surface area contributed by atoms with Crippen LogP contribution in [0, 0.1) is 52.8 Å². The first-order chi connectivity index (χ1) is 21.8. The predicted molar refractivity (Wildman–Crippen MR) is 179 cm³/mol. The van der Waals surface area contributed by atoms with Crippen molar-refractivity contribution in [2.24, 2.45) is 47.3 Å². The third-order valence-electron chi connectivity index (χ3n) is 13.7. The van der Waals surface area contributed by atoms with Crippen LogP contribution in [-0.2, 0) is 0 Å². The maximum Gasteiger partial charge on any atom is 0.405 e. The highest BCUT2D eigenvalue weighted by molar-refractivity contribution is 5.80. The van der Waals surface area contributed by atoms with Crippen LogP contribution in [-0.4, -0.2) is 90.6 Å². The molecule has 0 radical (unpaired) electrons. The number of nitrogens with zero attached hydrogens (tertiary/aromatic N) is 3. The molecule has 0 spiro atoms. The van der Waals surface area contributed by atoms with Crippen LogP contribution < -0.4 is 16.0 Å². The van der Waals surface area contributed by atoms with Crippen LogP contribution in [0.15, 0.2) is 0 Å². The normalized spacial score (nSPS) is 43.2. The fourth-order valence-electron chi connectivity index (χ4n) is 11.2. The van der Waals surface area contributed by atoms with E-state index in [0.29, 0.717) is 53.4 Å². The van der Waals surface area contributed by atoms with Crippen LogP contribution in [0.1, 0.15) is 105 Å². The van der Waals surface area contributed by atoms with E-state index in [1.54, 1.807) is 0 Å². The molecule has 6 aliphatic rings. The van der Waals surface area contributed by atoms with Gasteiger partial charge in [-0.25, -0.2) is 0 Å². The van der Waals surface area contributed by atoms with Crippen molar-refractivity contribution >= 4 is 5.96 Å². The average Bonchev–Trinajstić information content (AvgIpc) is 3.54. The first-order valence-corrected chi connectivity index (χ1v) is 19.0. The summed E-state index contributed by atoms with van der Waals surface area (Å²) in [6.45, 7) is 10.5. The number of fused-ring (bicyclic) bond motifs is 1. The van der Waals surface area contributed by atoms with Gasteiger partial charge in [0.05, 0.1) is 18.4 Å². The van der Waals surface area contributed by atoms with Crippen molar-refractivity contribution in [1.82, 2.24) is 30.7 Å². The Balaban J connectivity index is 1.19. The fraction of sp³-hybridized carbons (Fsp3) is 0.972. The van der Waals surface area contributed by atoms with Gasteiger partial charge in [-0.2, -0.15) is 13.2 Å². The van der Waals surface area contributed by atoms with Crippen molar-refractivity contribution in [3.8, 4) is 0 Å². The molecule has 10 unspecified atom stereocenters. The molecule has 6 fully saturated rings. The molecular weight excluding hydrogens is 587 g/mol. The summed E-state index contributed by atoms with van der Waals surface area (Å²) in [7, 11) is 3.98. The van der Waals surface area contributed by atoms with Gasteiger partial charge in [0.2, 0.25) is 0 Å². The molecule has 10 atom stereocenters. The number of hydrogen-bond donors (Lipinski definition) is 4. The van der Waals surface area contributed by atoms with E-state index in [-0.39, 0.29) is 37.0 Å². The van der Waals surface area contributed by atoms with E-state index in [1.807, 2.05) is 11.9 Å². The minimum absolute atomic E-state index is 0.0355. The van der Waals surface area contributed by atoms with Gasteiger partial charge in [0.25, 0.3) is 0 Å². The zero-order valence-electron chi connectivity index (χ0n) is 29.5. The lowest BCUT2D eigenvalue weighted by Crippen LogP contribution is -2.73. The van der Waals surface area contributed by atoms with Gasteiger partial charge >= 0.3 is 6.18 Å². The smallest absolute Gasteiger partial charge is 0.338 e. The zero-order valence-corrected chi connectivity index (χ0v) is 29.5. The molecule has 46 heavy (non-hydrogen) atoms. The highest BCUT2D eigenvalue weighted by Crippen LogP contribution is 2.45. The Labute approximate surface area is 277 Å². The molecule has 0 amide bonds. The van der Waals surface area contributed by atoms with Gasteiger partial charge in [-0.05, 0) is 106 Å². The summed E-state index contributed by atoms with van der Waals surface area (Å²) in [5.74, 6) is 5.32. The lowest BCUT2D eigenvalue weighted by Gasteiger charge is -2.53. The Morgan fingerprint density at radius 3 is 1.93 bits per heavy atom. The monoisotopic (exact) mass is 652 g/mol. The molecule has 3 aliphatic heterocycles. The van der Waals surface area contributed by atoms with Crippen molar-refractivity contribution in [3.05, 3.63) is 0 Å². The lowest BCUT2D eigenvalue weighted by atomic mass is 9.67. The minimum atomic E-state index is -4.20. The molecule has 10 heteroatoms. The SMILES string of the molecule is CC(C)C1CCCCC1C1NC(C2CCCCC2C(C)C)C2C(N1)N(CC1CCC(C3NC(C(F)(F)F)CN3C)CC1)C(=N)N2C. The van der Waals surface area contributed by atoms with E-state index in [0.717, 1.165) is 32.2 Å². The third-order valence-corrected chi connectivity index (χ3v) is 13.7. The van der Waals surface area contributed by atoms with Crippen LogP contribution >= 0.6 is 0 Å². The molecule has 3 heterocycles. The van der Waals surface area contributed by atoms with Crippen molar-refractivity contribution in [1.29, 1.82) is 5.41 Å². The Morgan fingerprint density at radius 1 is 0.761 bits per heavy atom. The van der Waals surface area contributed by atoms with Crippen LogP contribution in [0.4, 0.5) is 13.2 Å². The number of nitrogens with one attached hydrogen (secondary N) is 4. The number of hydrogen-bond acceptors (Lipinski definition) is 5. The molecule has 3 aliphatic carbocycles. The number of rotatable bonds is 7. The van der Waals surface area contributed by atoms with Crippen LogP contribution in [0.2, 0.25) is 0 Å². The van der Waals surface area contributed by atoms with Crippen LogP contribution in [0.25, 0.3) is 0 Å². The van der Waals surface area contributed by atoms with Gasteiger partial charge in [-0.3, -0.25) is 26.3 Å². The molecule has 264 valence electrons. The molecule has 7 nitrogen and oxygen atoms in total. The number of likely N-dealkylation sites (N-methyl/N-ethyl adjacent to an activating group) is 2. The largest absolute Gasteiger partial charge is 0.405 e. The van der Waals surface area contributed by atoms with E-state index in [4.69, 9.17) is 0 Å². The van der Waals surface area contributed by atoms with E-state index in [1.165, 1.54) is 51.4 Å². The molecule has 0 bridgehead atoms. The van der Waals surface area contributed by atoms with Gasteiger partial charge in [-0.15, -0.1) is 0 Å². The molecule has 4 N–H and O–H groups in total. The summed E-state index contributed by atoms with van der Waals surface area (Å²) in [5, 5.41) is 20.8. The van der Waals surface area contributed by atoms with E-state index >= 15 is 0 Å². The molecule has 3 saturated carbocycles. The second kappa shape index (κ2) is 14.0. The van der Waals surface area contributed by atoms with Crippen molar-refractivity contribution in [2.75, 3.05) is 27.2 Å². The Bertz CT molecular complexity index is 1030. The standard InChI is InChI=1S/C36H64F3N7/c1-21(2)25-11-7-9-13-27(25)30-31-34(43-32(42-30)28-14-10-8-12-26(28)22(3)4)46(35(40)45(31)6)19-23-15-17-24(18-16-23)33-41-29(20-44(33)5)36(37,38)39/h21-34,40-43H,7-20H2,1-6H3. The third kappa shape index (κ3) is 6.84. The quantitative estimate of drug-likeness (QED) is 0.260. The Morgan fingerprint density at radius 2 is 1.35 bits per heavy atom. The fourth-order valence-corrected chi connectivity index (χ4v) is 11.2. The summed E-state index contributed by atoms with van der Waals surface area (Å²) < 4.78 is 40.4. The van der Waals surface area contributed by atoms with Crippen molar-refractivity contribution in [2.45, 2.75) is 148 Å². The second-order valence-corrected chi connectivity index (χ2v) is 17.0. The molecule has 3 saturated heterocycles. The van der Waals surface area contributed by atoms with Gasteiger partial charge in [-0.1, -0.05) is 53.4 Å². The maximum atomic E-state index is 13.5.